The molecule has 6 heteroatoms. The van der Waals surface area contributed by atoms with E-state index < -0.39 is 0 Å². The Morgan fingerprint density at radius 1 is 1.08 bits per heavy atom. The quantitative estimate of drug-likeness (QED) is 0.867. The molecule has 0 aliphatic carbocycles. The molecule has 2 aromatic carbocycles. The number of nitrogens with one attached hydrogen (secondary N) is 1. The zero-order valence-corrected chi connectivity index (χ0v) is 15.1. The van der Waals surface area contributed by atoms with Gasteiger partial charge in [0.2, 0.25) is 5.91 Å². The average molecular weight is 353 g/mol. The molecule has 3 rings (SSSR count). The molecule has 0 radical (unpaired) electrons. The fraction of sp³-hybridized carbons (Fsp3) is 0.300. The second kappa shape index (κ2) is 7.91. The Morgan fingerprint density at radius 3 is 2.42 bits per heavy atom. The van der Waals surface area contributed by atoms with E-state index in [9.17, 15) is 9.59 Å². The highest BCUT2D eigenvalue weighted by atomic mass is 16.5. The number of ether oxygens (including phenoxy) is 1. The maximum atomic E-state index is 12.6. The first kappa shape index (κ1) is 17.8. The van der Waals surface area contributed by atoms with Crippen molar-refractivity contribution in [3.63, 3.8) is 0 Å². The number of carbonyl (C=O) groups is 2. The van der Waals surface area contributed by atoms with Gasteiger partial charge in [0.05, 0.1) is 6.61 Å². The highest BCUT2D eigenvalue weighted by Gasteiger charge is 2.30. The standard InChI is InChI=1S/C20H23N3O3/c1-3-26-18-10-6-16(7-11-18)21-19(24)14-22-12-13-23(20(22)25)17-8-4-15(2)5-9-17/h4-11H,3,12-14H2,1-2H3,(H,21,24). The summed E-state index contributed by atoms with van der Waals surface area (Å²) in [6.45, 7) is 5.67. The Labute approximate surface area is 153 Å². The van der Waals surface area contributed by atoms with E-state index in [-0.39, 0.29) is 18.5 Å². The van der Waals surface area contributed by atoms with Gasteiger partial charge >= 0.3 is 6.03 Å². The molecule has 0 spiro atoms. The van der Waals surface area contributed by atoms with Crippen LogP contribution in [0.3, 0.4) is 0 Å². The van der Waals surface area contributed by atoms with Crippen molar-refractivity contribution in [2.24, 2.45) is 0 Å². The Bertz CT molecular complexity index is 772. The smallest absolute Gasteiger partial charge is 0.325 e. The van der Waals surface area contributed by atoms with E-state index in [1.165, 1.54) is 0 Å². The van der Waals surface area contributed by atoms with Crippen LogP contribution in [-0.4, -0.2) is 43.1 Å². The van der Waals surface area contributed by atoms with Crippen LogP contribution in [0.2, 0.25) is 0 Å². The Morgan fingerprint density at radius 2 is 1.77 bits per heavy atom. The molecule has 0 bridgehead atoms. The molecule has 3 amide bonds. The van der Waals surface area contributed by atoms with E-state index in [4.69, 9.17) is 4.74 Å². The molecule has 1 N–H and O–H groups in total. The van der Waals surface area contributed by atoms with Gasteiger partial charge in [0, 0.05) is 24.5 Å². The summed E-state index contributed by atoms with van der Waals surface area (Å²) in [6.07, 6.45) is 0. The summed E-state index contributed by atoms with van der Waals surface area (Å²) >= 11 is 0. The summed E-state index contributed by atoms with van der Waals surface area (Å²) in [4.78, 5) is 28.1. The van der Waals surface area contributed by atoms with Gasteiger partial charge < -0.3 is 15.0 Å². The lowest BCUT2D eigenvalue weighted by Gasteiger charge is -2.18. The van der Waals surface area contributed by atoms with Crippen LogP contribution < -0.4 is 15.0 Å². The molecule has 0 unspecified atom stereocenters. The van der Waals surface area contributed by atoms with Gasteiger partial charge in [-0.3, -0.25) is 9.69 Å². The number of rotatable bonds is 6. The fourth-order valence-electron chi connectivity index (χ4n) is 2.87. The minimum atomic E-state index is -0.215. The third-order valence-electron chi connectivity index (χ3n) is 4.22. The molecule has 1 saturated heterocycles. The molecule has 6 nitrogen and oxygen atoms in total. The summed E-state index contributed by atoms with van der Waals surface area (Å²) in [7, 11) is 0. The van der Waals surface area contributed by atoms with Gasteiger partial charge in [-0.2, -0.15) is 0 Å². The molecular weight excluding hydrogens is 330 g/mol. The normalized spacial score (nSPS) is 13.8. The van der Waals surface area contributed by atoms with Gasteiger partial charge in [-0.15, -0.1) is 0 Å². The van der Waals surface area contributed by atoms with E-state index in [1.807, 2.05) is 38.1 Å². The molecule has 2 aromatic rings. The SMILES string of the molecule is CCOc1ccc(NC(=O)CN2CCN(c3ccc(C)cc3)C2=O)cc1. The van der Waals surface area contributed by atoms with Crippen molar-refractivity contribution in [3.05, 3.63) is 54.1 Å². The van der Waals surface area contributed by atoms with E-state index in [2.05, 4.69) is 5.32 Å². The topological polar surface area (TPSA) is 61.9 Å². The molecule has 26 heavy (non-hydrogen) atoms. The number of nitrogens with zero attached hydrogens (tertiary/aromatic N) is 2. The highest BCUT2D eigenvalue weighted by Crippen LogP contribution is 2.21. The lowest BCUT2D eigenvalue weighted by atomic mass is 10.2. The van der Waals surface area contributed by atoms with Gasteiger partial charge in [-0.05, 0) is 50.2 Å². The first-order valence-electron chi connectivity index (χ1n) is 8.72. The molecular formula is C20H23N3O3. The Hall–Kier alpha value is -3.02. The maximum Gasteiger partial charge on any atom is 0.325 e. The number of anilines is 2. The van der Waals surface area contributed by atoms with Crippen molar-refractivity contribution < 1.29 is 14.3 Å². The first-order valence-corrected chi connectivity index (χ1v) is 8.72. The van der Waals surface area contributed by atoms with Crippen molar-refractivity contribution in [2.75, 3.05) is 36.5 Å². The summed E-state index contributed by atoms with van der Waals surface area (Å²) in [5.41, 5.74) is 2.68. The lowest BCUT2D eigenvalue weighted by molar-refractivity contribution is -0.116. The minimum Gasteiger partial charge on any atom is -0.494 e. The molecule has 0 atom stereocenters. The number of aryl methyl sites for hydroxylation is 1. The zero-order valence-electron chi connectivity index (χ0n) is 15.1. The highest BCUT2D eigenvalue weighted by molar-refractivity contribution is 5.99. The zero-order chi connectivity index (χ0) is 18.5. The van der Waals surface area contributed by atoms with Crippen LogP contribution in [0.5, 0.6) is 5.75 Å². The predicted molar refractivity (Wildman–Crippen MR) is 102 cm³/mol. The minimum absolute atomic E-state index is 0.0361. The molecule has 1 aliphatic rings. The number of hydrogen-bond acceptors (Lipinski definition) is 3. The van der Waals surface area contributed by atoms with Crippen molar-refractivity contribution in [1.82, 2.24) is 4.90 Å². The molecule has 0 saturated carbocycles. The van der Waals surface area contributed by atoms with Crippen LogP contribution in [-0.2, 0) is 4.79 Å². The number of urea groups is 1. The first-order chi connectivity index (χ1) is 12.6. The average Bonchev–Trinajstić information content (AvgIpc) is 2.98. The fourth-order valence-corrected chi connectivity index (χ4v) is 2.87. The van der Waals surface area contributed by atoms with E-state index >= 15 is 0 Å². The van der Waals surface area contributed by atoms with Gasteiger partial charge in [0.15, 0.2) is 0 Å². The number of carbonyl (C=O) groups excluding carboxylic acids is 2. The Kier molecular flexibility index (Phi) is 5.41. The van der Waals surface area contributed by atoms with Crippen molar-refractivity contribution in [1.29, 1.82) is 0 Å². The predicted octanol–water partition coefficient (Wildman–Crippen LogP) is 3.27. The number of hydrogen-bond donors (Lipinski definition) is 1. The second-order valence-corrected chi connectivity index (χ2v) is 6.20. The van der Waals surface area contributed by atoms with E-state index in [1.54, 1.807) is 34.1 Å². The largest absolute Gasteiger partial charge is 0.494 e. The van der Waals surface area contributed by atoms with Gasteiger partial charge in [0.1, 0.15) is 12.3 Å². The molecule has 1 heterocycles. The van der Waals surface area contributed by atoms with E-state index in [0.717, 1.165) is 17.0 Å². The van der Waals surface area contributed by atoms with Crippen LogP contribution in [0.15, 0.2) is 48.5 Å². The van der Waals surface area contributed by atoms with Gasteiger partial charge in [0.25, 0.3) is 0 Å². The van der Waals surface area contributed by atoms with Crippen LogP contribution in [0.25, 0.3) is 0 Å². The summed E-state index contributed by atoms with van der Waals surface area (Å²) < 4.78 is 5.38. The van der Waals surface area contributed by atoms with Gasteiger partial charge in [-0.25, -0.2) is 4.79 Å². The van der Waals surface area contributed by atoms with Crippen LogP contribution in [0.1, 0.15) is 12.5 Å². The summed E-state index contributed by atoms with van der Waals surface area (Å²) in [5, 5.41) is 2.81. The summed E-state index contributed by atoms with van der Waals surface area (Å²) in [6, 6.07) is 14.8. The van der Waals surface area contributed by atoms with Crippen LogP contribution in [0, 0.1) is 6.92 Å². The van der Waals surface area contributed by atoms with Gasteiger partial charge in [-0.1, -0.05) is 17.7 Å². The lowest BCUT2D eigenvalue weighted by Crippen LogP contribution is -2.37. The monoisotopic (exact) mass is 353 g/mol. The molecule has 1 aliphatic heterocycles. The van der Waals surface area contributed by atoms with Crippen molar-refractivity contribution in [2.45, 2.75) is 13.8 Å². The third kappa shape index (κ3) is 4.14. The van der Waals surface area contributed by atoms with Crippen molar-refractivity contribution in [3.8, 4) is 5.75 Å². The Balaban J connectivity index is 1.56. The molecule has 0 aromatic heterocycles. The number of amides is 3. The van der Waals surface area contributed by atoms with Crippen molar-refractivity contribution >= 4 is 23.3 Å². The maximum absolute atomic E-state index is 12.6. The van der Waals surface area contributed by atoms with Crippen LogP contribution >= 0.6 is 0 Å². The van der Waals surface area contributed by atoms with Crippen LogP contribution in [0.4, 0.5) is 16.2 Å². The summed E-state index contributed by atoms with van der Waals surface area (Å²) in [5.74, 6) is 0.544. The second-order valence-electron chi connectivity index (χ2n) is 6.20. The molecule has 1 fully saturated rings. The third-order valence-corrected chi connectivity index (χ3v) is 4.22. The molecule has 136 valence electrons. The number of benzene rings is 2. The van der Waals surface area contributed by atoms with E-state index in [0.29, 0.717) is 25.4 Å².